The van der Waals surface area contributed by atoms with Gasteiger partial charge in [0, 0.05) is 24.3 Å². The van der Waals surface area contributed by atoms with Gasteiger partial charge in [0.05, 0.1) is 0 Å². The molecule has 7 heteroatoms. The van der Waals surface area contributed by atoms with Crippen LogP contribution in [0.25, 0.3) is 0 Å². The van der Waals surface area contributed by atoms with Crippen LogP contribution in [0.5, 0.6) is 5.75 Å². The highest BCUT2D eigenvalue weighted by atomic mass is 16.5. The Labute approximate surface area is 177 Å². The highest BCUT2D eigenvalue weighted by Crippen LogP contribution is 2.38. The van der Waals surface area contributed by atoms with Crippen LogP contribution in [-0.2, 0) is 19.7 Å². The van der Waals surface area contributed by atoms with Gasteiger partial charge in [-0.2, -0.15) is 0 Å². The number of fused-ring (bicyclic) bond motifs is 1. The summed E-state index contributed by atoms with van der Waals surface area (Å²) in [5.74, 6) is -0.255. The molecule has 1 heterocycles. The molecule has 0 spiro atoms. The number of hydrogen-bond acceptors (Lipinski definition) is 5. The van der Waals surface area contributed by atoms with E-state index in [2.05, 4.69) is 5.32 Å². The molecule has 0 saturated carbocycles. The minimum absolute atomic E-state index is 0.108. The number of esters is 1. The van der Waals surface area contributed by atoms with Crippen molar-refractivity contribution < 1.29 is 24.1 Å². The number of aliphatic hydroxyl groups is 1. The summed E-state index contributed by atoms with van der Waals surface area (Å²) < 4.78 is 11.1. The summed E-state index contributed by atoms with van der Waals surface area (Å²) in [5, 5.41) is 13.2. The van der Waals surface area contributed by atoms with E-state index in [1.54, 1.807) is 0 Å². The predicted molar refractivity (Wildman–Crippen MR) is 116 cm³/mol. The molecule has 1 aliphatic rings. The van der Waals surface area contributed by atoms with Crippen molar-refractivity contribution in [1.29, 1.82) is 0 Å². The monoisotopic (exact) mass is 409 g/mol. The molecule has 0 fully saturated rings. The number of benzene rings is 2. The largest absolute Gasteiger partial charge is 0.426 e. The van der Waals surface area contributed by atoms with Crippen LogP contribution in [-0.4, -0.2) is 30.7 Å². The van der Waals surface area contributed by atoms with E-state index in [1.807, 2.05) is 64.1 Å². The van der Waals surface area contributed by atoms with E-state index in [4.69, 9.17) is 9.39 Å². The number of rotatable bonds is 6. The summed E-state index contributed by atoms with van der Waals surface area (Å²) in [6.07, 6.45) is -1.63. The molecule has 0 aliphatic carbocycles. The second-order valence-corrected chi connectivity index (χ2v) is 8.55. The second kappa shape index (κ2) is 8.62. The summed E-state index contributed by atoms with van der Waals surface area (Å²) in [7, 11) is 0.410. The predicted octanol–water partition coefficient (Wildman–Crippen LogP) is 2.08. The lowest BCUT2D eigenvalue weighted by Crippen LogP contribution is -2.41. The summed E-state index contributed by atoms with van der Waals surface area (Å²) in [6.45, 7) is 9.07. The Morgan fingerprint density at radius 1 is 1.27 bits per heavy atom. The van der Waals surface area contributed by atoms with Gasteiger partial charge in [-0.1, -0.05) is 44.2 Å². The fraction of sp³-hybridized carbons (Fsp3) is 0.391. The molecule has 30 heavy (non-hydrogen) atoms. The third-order valence-electron chi connectivity index (χ3n) is 5.35. The zero-order valence-corrected chi connectivity index (χ0v) is 18.1. The fourth-order valence-electron chi connectivity index (χ4n) is 4.29. The molecular formula is C23H28BNO5. The van der Waals surface area contributed by atoms with Crippen molar-refractivity contribution in [3.05, 3.63) is 58.7 Å². The first-order chi connectivity index (χ1) is 14.1. The molecule has 158 valence electrons. The van der Waals surface area contributed by atoms with Gasteiger partial charge in [-0.25, -0.2) is 0 Å². The summed E-state index contributed by atoms with van der Waals surface area (Å²) in [5.41, 5.74) is 3.99. The molecule has 0 radical (unpaired) electrons. The van der Waals surface area contributed by atoms with E-state index in [0.29, 0.717) is 13.2 Å². The highest BCUT2D eigenvalue weighted by molar-refractivity contribution is 6.49. The van der Waals surface area contributed by atoms with Crippen molar-refractivity contribution in [3.63, 3.8) is 0 Å². The van der Waals surface area contributed by atoms with Crippen LogP contribution in [0.15, 0.2) is 36.4 Å². The van der Waals surface area contributed by atoms with Crippen molar-refractivity contribution in [2.75, 3.05) is 0 Å². The van der Waals surface area contributed by atoms with E-state index >= 15 is 0 Å². The van der Waals surface area contributed by atoms with Crippen LogP contribution >= 0.6 is 0 Å². The lowest BCUT2D eigenvalue weighted by atomic mass is 9.78. The Bertz CT molecular complexity index is 972. The van der Waals surface area contributed by atoms with Crippen LogP contribution in [0.4, 0.5) is 0 Å². The van der Waals surface area contributed by atoms with E-state index in [0.717, 1.165) is 27.7 Å². The molecule has 2 aromatic carbocycles. The Kier molecular flexibility index (Phi) is 6.34. The average molecular weight is 409 g/mol. The smallest absolute Gasteiger partial charge is 0.310 e. The lowest BCUT2D eigenvalue weighted by Gasteiger charge is -2.30. The number of aryl methyl sites for hydroxylation is 2. The van der Waals surface area contributed by atoms with Gasteiger partial charge in [-0.3, -0.25) is 9.59 Å². The van der Waals surface area contributed by atoms with E-state index in [1.165, 1.54) is 6.92 Å². The molecule has 0 saturated heterocycles. The topological polar surface area (TPSA) is 84.9 Å². The van der Waals surface area contributed by atoms with Gasteiger partial charge >= 0.3 is 13.5 Å². The number of ether oxygens (including phenoxy) is 1. The first-order valence-electron chi connectivity index (χ1n) is 10.1. The Morgan fingerprint density at radius 2 is 1.97 bits per heavy atom. The van der Waals surface area contributed by atoms with Crippen LogP contribution in [0, 0.1) is 13.8 Å². The first kappa shape index (κ1) is 22.1. The van der Waals surface area contributed by atoms with Gasteiger partial charge in [0.1, 0.15) is 11.9 Å². The summed E-state index contributed by atoms with van der Waals surface area (Å²) in [6, 6.07) is 11.5. The van der Waals surface area contributed by atoms with Gasteiger partial charge in [0.15, 0.2) is 6.23 Å². The Morgan fingerprint density at radius 3 is 2.67 bits per heavy atom. The molecule has 0 bridgehead atoms. The summed E-state index contributed by atoms with van der Waals surface area (Å²) >= 11 is 0. The Hall–Kier alpha value is -2.64. The molecule has 2 unspecified atom stereocenters. The normalized spacial score (nSPS) is 16.4. The maximum absolute atomic E-state index is 12.8. The van der Waals surface area contributed by atoms with E-state index in [9.17, 15) is 14.7 Å². The molecule has 2 atom stereocenters. The number of amides is 1. The molecule has 6 nitrogen and oxygen atoms in total. The number of carbonyl (C=O) groups is 2. The van der Waals surface area contributed by atoms with Crippen molar-refractivity contribution >= 4 is 24.8 Å². The number of hydrogen-bond donors (Lipinski definition) is 2. The van der Waals surface area contributed by atoms with Crippen LogP contribution in [0.1, 0.15) is 55.5 Å². The quantitative estimate of drug-likeness (QED) is 0.330. The molecule has 3 rings (SSSR count). The minimum Gasteiger partial charge on any atom is -0.426 e. The third kappa shape index (κ3) is 4.74. The van der Waals surface area contributed by atoms with Gasteiger partial charge in [-0.05, 0) is 42.1 Å². The molecule has 2 aromatic rings. The van der Waals surface area contributed by atoms with Crippen molar-refractivity contribution in [2.45, 2.75) is 58.8 Å². The number of nitrogens with one attached hydrogen (secondary N) is 1. The standard InChI is InChI=1S/C23H28BNO5/c1-13-10-14(2)20(18(11-13)29-15(3)26)23(4,5)12-19(27)25-22(28)21-16-8-6-7-9-17(16)24-30-21/h6-11,21-22,24,28H,12H2,1-5H3,(H,25,27). The molecule has 1 aliphatic heterocycles. The zero-order chi connectivity index (χ0) is 22.1. The highest BCUT2D eigenvalue weighted by Gasteiger charge is 2.34. The van der Waals surface area contributed by atoms with Gasteiger partial charge in [0.2, 0.25) is 5.91 Å². The fourth-order valence-corrected chi connectivity index (χ4v) is 4.29. The van der Waals surface area contributed by atoms with Gasteiger partial charge < -0.3 is 19.8 Å². The van der Waals surface area contributed by atoms with E-state index < -0.39 is 23.7 Å². The van der Waals surface area contributed by atoms with Crippen molar-refractivity contribution in [2.24, 2.45) is 0 Å². The van der Waals surface area contributed by atoms with Gasteiger partial charge in [-0.15, -0.1) is 0 Å². The van der Waals surface area contributed by atoms with E-state index in [-0.39, 0.29) is 12.3 Å². The van der Waals surface area contributed by atoms with Crippen molar-refractivity contribution in [3.8, 4) is 5.75 Å². The van der Waals surface area contributed by atoms with Crippen molar-refractivity contribution in [1.82, 2.24) is 5.32 Å². The van der Waals surface area contributed by atoms with Crippen LogP contribution in [0.2, 0.25) is 0 Å². The molecule has 0 aromatic heterocycles. The second-order valence-electron chi connectivity index (χ2n) is 8.55. The van der Waals surface area contributed by atoms with Gasteiger partial charge in [0.25, 0.3) is 0 Å². The van der Waals surface area contributed by atoms with Crippen LogP contribution < -0.4 is 15.5 Å². The lowest BCUT2D eigenvalue weighted by molar-refractivity contribution is -0.132. The number of aliphatic hydroxyl groups excluding tert-OH is 1. The van der Waals surface area contributed by atoms with Crippen LogP contribution in [0.3, 0.4) is 0 Å². The summed E-state index contributed by atoms with van der Waals surface area (Å²) in [4.78, 5) is 24.4. The maximum atomic E-state index is 12.8. The molecule has 1 amide bonds. The zero-order valence-electron chi connectivity index (χ0n) is 18.1. The first-order valence-corrected chi connectivity index (χ1v) is 10.1. The third-order valence-corrected chi connectivity index (χ3v) is 5.35. The average Bonchev–Trinajstić information content (AvgIpc) is 3.03. The molecular weight excluding hydrogens is 381 g/mol. The SMILES string of the molecule is CC(=O)Oc1cc(C)cc(C)c1C(C)(C)CC(=O)NC(O)C1OBc2ccccc21. The Balaban J connectivity index is 1.76. The molecule has 2 N–H and O–H groups in total. The number of carbonyl (C=O) groups excluding carboxylic acids is 2. The maximum Gasteiger partial charge on any atom is 0.310 e. The minimum atomic E-state index is -1.15.